The van der Waals surface area contributed by atoms with Gasteiger partial charge in [0, 0.05) is 6.04 Å². The standard InChI is InChI=1S/C15H24N2.ClH/c1-12-5-3-4-6-15(12)13(2)17-11-14-7-9-16-10-8-14;/h3-6,13-14,16-17H,7-11H2,1-2H3;1H. The highest BCUT2D eigenvalue weighted by Gasteiger charge is 2.14. The van der Waals surface area contributed by atoms with Crippen molar-refractivity contribution in [2.45, 2.75) is 32.7 Å². The van der Waals surface area contributed by atoms with Crippen LogP contribution in [0, 0.1) is 12.8 Å². The molecule has 1 fully saturated rings. The van der Waals surface area contributed by atoms with E-state index in [1.54, 1.807) is 0 Å². The molecular formula is C15H25ClN2. The zero-order valence-corrected chi connectivity index (χ0v) is 12.2. The fourth-order valence-electron chi connectivity index (χ4n) is 2.61. The van der Waals surface area contributed by atoms with Gasteiger partial charge in [-0.1, -0.05) is 24.3 Å². The lowest BCUT2D eigenvalue weighted by molar-refractivity contribution is 0.344. The van der Waals surface area contributed by atoms with Crippen LogP contribution >= 0.6 is 12.4 Å². The quantitative estimate of drug-likeness (QED) is 0.877. The lowest BCUT2D eigenvalue weighted by Gasteiger charge is -2.25. The molecule has 1 aromatic rings. The molecule has 18 heavy (non-hydrogen) atoms. The van der Waals surface area contributed by atoms with Gasteiger partial charge in [-0.15, -0.1) is 12.4 Å². The smallest absolute Gasteiger partial charge is 0.0294 e. The number of aryl methyl sites for hydroxylation is 1. The summed E-state index contributed by atoms with van der Waals surface area (Å²) in [6, 6.07) is 9.13. The molecule has 1 aromatic carbocycles. The second kappa shape index (κ2) is 7.78. The first-order chi connectivity index (χ1) is 8.27. The Hall–Kier alpha value is -0.570. The van der Waals surface area contributed by atoms with Gasteiger partial charge >= 0.3 is 0 Å². The Morgan fingerprint density at radius 2 is 1.94 bits per heavy atom. The van der Waals surface area contributed by atoms with Gasteiger partial charge in [-0.25, -0.2) is 0 Å². The van der Waals surface area contributed by atoms with Crippen molar-refractivity contribution in [1.29, 1.82) is 0 Å². The van der Waals surface area contributed by atoms with E-state index < -0.39 is 0 Å². The Labute approximate surface area is 117 Å². The topological polar surface area (TPSA) is 24.1 Å². The average molecular weight is 269 g/mol. The monoisotopic (exact) mass is 268 g/mol. The van der Waals surface area contributed by atoms with E-state index in [0.29, 0.717) is 6.04 Å². The van der Waals surface area contributed by atoms with Gasteiger partial charge in [0.1, 0.15) is 0 Å². The third kappa shape index (κ3) is 4.27. The first kappa shape index (κ1) is 15.5. The zero-order valence-electron chi connectivity index (χ0n) is 11.4. The summed E-state index contributed by atoms with van der Waals surface area (Å²) in [6.45, 7) is 7.98. The van der Waals surface area contributed by atoms with Gasteiger partial charge in [0.15, 0.2) is 0 Å². The summed E-state index contributed by atoms with van der Waals surface area (Å²) < 4.78 is 0. The van der Waals surface area contributed by atoms with Gasteiger partial charge < -0.3 is 10.6 Å². The Bertz CT molecular complexity index is 348. The molecule has 2 N–H and O–H groups in total. The summed E-state index contributed by atoms with van der Waals surface area (Å²) >= 11 is 0. The van der Waals surface area contributed by atoms with Crippen LogP contribution in [0.3, 0.4) is 0 Å². The minimum atomic E-state index is 0. The Morgan fingerprint density at radius 3 is 2.61 bits per heavy atom. The summed E-state index contributed by atoms with van der Waals surface area (Å²) in [5, 5.41) is 7.10. The van der Waals surface area contributed by atoms with Crippen LogP contribution < -0.4 is 10.6 Å². The van der Waals surface area contributed by atoms with E-state index in [4.69, 9.17) is 0 Å². The second-order valence-electron chi connectivity index (χ2n) is 5.18. The van der Waals surface area contributed by atoms with Crippen molar-refractivity contribution in [2.24, 2.45) is 5.92 Å². The van der Waals surface area contributed by atoms with Crippen LogP contribution in [-0.2, 0) is 0 Å². The fraction of sp³-hybridized carbons (Fsp3) is 0.600. The van der Waals surface area contributed by atoms with E-state index in [-0.39, 0.29) is 12.4 Å². The highest BCUT2D eigenvalue weighted by atomic mass is 35.5. The molecule has 0 aromatic heterocycles. The Morgan fingerprint density at radius 1 is 1.28 bits per heavy atom. The number of nitrogens with one attached hydrogen (secondary N) is 2. The van der Waals surface area contributed by atoms with E-state index in [1.807, 2.05) is 0 Å². The Kier molecular flexibility index (Phi) is 6.69. The maximum atomic E-state index is 3.68. The van der Waals surface area contributed by atoms with Crippen LogP contribution in [0.15, 0.2) is 24.3 Å². The van der Waals surface area contributed by atoms with Gasteiger partial charge in [-0.3, -0.25) is 0 Å². The number of halogens is 1. The number of piperidine rings is 1. The van der Waals surface area contributed by atoms with Crippen molar-refractivity contribution < 1.29 is 0 Å². The highest BCUT2D eigenvalue weighted by Crippen LogP contribution is 2.18. The van der Waals surface area contributed by atoms with Gasteiger partial charge in [0.05, 0.1) is 0 Å². The number of rotatable bonds is 4. The largest absolute Gasteiger partial charge is 0.317 e. The molecule has 0 radical (unpaired) electrons. The highest BCUT2D eigenvalue weighted by molar-refractivity contribution is 5.85. The third-order valence-corrected chi connectivity index (χ3v) is 3.83. The van der Waals surface area contributed by atoms with Crippen LogP contribution in [0.5, 0.6) is 0 Å². The van der Waals surface area contributed by atoms with Crippen LogP contribution in [0.4, 0.5) is 0 Å². The molecule has 3 heteroatoms. The van der Waals surface area contributed by atoms with Crippen LogP contribution in [0.25, 0.3) is 0 Å². The average Bonchev–Trinajstić information content (AvgIpc) is 2.38. The van der Waals surface area contributed by atoms with E-state index >= 15 is 0 Å². The molecule has 0 saturated carbocycles. The fourth-order valence-corrected chi connectivity index (χ4v) is 2.61. The molecular weight excluding hydrogens is 244 g/mol. The van der Waals surface area contributed by atoms with E-state index in [9.17, 15) is 0 Å². The molecule has 0 amide bonds. The minimum absolute atomic E-state index is 0. The maximum absolute atomic E-state index is 3.68. The van der Waals surface area contributed by atoms with E-state index in [2.05, 4.69) is 48.7 Å². The van der Waals surface area contributed by atoms with Crippen LogP contribution in [-0.4, -0.2) is 19.6 Å². The SMILES string of the molecule is Cc1ccccc1C(C)NCC1CCNCC1.Cl. The molecule has 102 valence electrons. The predicted molar refractivity (Wildman–Crippen MR) is 80.4 cm³/mol. The number of hydrogen-bond donors (Lipinski definition) is 2. The summed E-state index contributed by atoms with van der Waals surface area (Å²) in [6.07, 6.45) is 2.63. The van der Waals surface area contributed by atoms with Crippen molar-refractivity contribution in [1.82, 2.24) is 10.6 Å². The molecule has 2 rings (SSSR count). The molecule has 1 aliphatic rings. The molecule has 1 heterocycles. The van der Waals surface area contributed by atoms with Gasteiger partial charge in [0.2, 0.25) is 0 Å². The molecule has 1 aliphatic heterocycles. The third-order valence-electron chi connectivity index (χ3n) is 3.83. The normalized spacial score (nSPS) is 18.1. The summed E-state index contributed by atoms with van der Waals surface area (Å²) in [5.41, 5.74) is 2.82. The summed E-state index contributed by atoms with van der Waals surface area (Å²) in [5.74, 6) is 0.850. The number of hydrogen-bond acceptors (Lipinski definition) is 2. The van der Waals surface area contributed by atoms with Gasteiger partial charge in [-0.2, -0.15) is 0 Å². The van der Waals surface area contributed by atoms with E-state index in [0.717, 1.165) is 12.5 Å². The van der Waals surface area contributed by atoms with Crippen molar-refractivity contribution in [3.05, 3.63) is 35.4 Å². The zero-order chi connectivity index (χ0) is 12.1. The van der Waals surface area contributed by atoms with E-state index in [1.165, 1.54) is 37.1 Å². The summed E-state index contributed by atoms with van der Waals surface area (Å²) in [7, 11) is 0. The second-order valence-corrected chi connectivity index (χ2v) is 5.18. The van der Waals surface area contributed by atoms with Gasteiger partial charge in [0.25, 0.3) is 0 Å². The van der Waals surface area contributed by atoms with Crippen molar-refractivity contribution in [3.63, 3.8) is 0 Å². The first-order valence-corrected chi connectivity index (χ1v) is 6.77. The molecule has 1 saturated heterocycles. The lowest BCUT2D eigenvalue weighted by Crippen LogP contribution is -2.34. The summed E-state index contributed by atoms with van der Waals surface area (Å²) in [4.78, 5) is 0. The molecule has 0 bridgehead atoms. The number of benzene rings is 1. The lowest BCUT2D eigenvalue weighted by atomic mass is 9.97. The van der Waals surface area contributed by atoms with Crippen molar-refractivity contribution >= 4 is 12.4 Å². The van der Waals surface area contributed by atoms with Crippen LogP contribution in [0.2, 0.25) is 0 Å². The molecule has 1 unspecified atom stereocenters. The molecule has 0 aliphatic carbocycles. The van der Waals surface area contributed by atoms with Crippen LogP contribution in [0.1, 0.15) is 36.9 Å². The predicted octanol–water partition coefficient (Wildman–Crippen LogP) is 3.07. The minimum Gasteiger partial charge on any atom is -0.317 e. The van der Waals surface area contributed by atoms with Crippen molar-refractivity contribution in [3.8, 4) is 0 Å². The van der Waals surface area contributed by atoms with Gasteiger partial charge in [-0.05, 0) is 63.4 Å². The Balaban J connectivity index is 0.00000162. The molecule has 2 nitrogen and oxygen atoms in total. The molecule has 0 spiro atoms. The van der Waals surface area contributed by atoms with Crippen molar-refractivity contribution in [2.75, 3.05) is 19.6 Å². The molecule has 1 atom stereocenters. The maximum Gasteiger partial charge on any atom is 0.0294 e. The first-order valence-electron chi connectivity index (χ1n) is 6.77.